The van der Waals surface area contributed by atoms with Crippen LogP contribution in [0.3, 0.4) is 0 Å². The Morgan fingerprint density at radius 2 is 1.92 bits per heavy atom. The summed E-state index contributed by atoms with van der Waals surface area (Å²) in [4.78, 5) is 6.62. The molecule has 1 saturated heterocycles. The van der Waals surface area contributed by atoms with Crippen LogP contribution in [0.5, 0.6) is 5.75 Å². The molecular weight excluding hydrogens is 499 g/mol. The number of nitrogens with zero attached hydrogens (tertiary/aromatic N) is 3. The number of aromatic nitrogens is 2. The van der Waals surface area contributed by atoms with Crippen molar-refractivity contribution < 1.29 is 13.9 Å². The third-order valence-electron chi connectivity index (χ3n) is 6.01. The average Bonchev–Trinajstić information content (AvgIpc) is 3.50. The van der Waals surface area contributed by atoms with Crippen molar-refractivity contribution in [1.82, 2.24) is 14.9 Å². The number of ether oxygens (including phenoxy) is 2. The van der Waals surface area contributed by atoms with Gasteiger partial charge in [-0.15, -0.1) is 0 Å². The van der Waals surface area contributed by atoms with Crippen LogP contribution in [-0.2, 0) is 4.74 Å². The molecule has 2 atom stereocenters. The molecule has 0 aliphatic carbocycles. The van der Waals surface area contributed by atoms with Crippen LogP contribution in [0.2, 0.25) is 5.02 Å². The quantitative estimate of drug-likeness (QED) is 0.231. The lowest BCUT2D eigenvalue weighted by molar-refractivity contribution is 0.146. The fraction of sp³-hybridized carbons (Fsp3) is 0.185. The Balaban J connectivity index is 1.59. The van der Waals surface area contributed by atoms with E-state index in [1.165, 1.54) is 12.1 Å². The molecule has 36 heavy (non-hydrogen) atoms. The van der Waals surface area contributed by atoms with Gasteiger partial charge in [-0.2, -0.15) is 0 Å². The lowest BCUT2D eigenvalue weighted by atomic mass is 10.0. The largest absolute Gasteiger partial charge is 0.490 e. The van der Waals surface area contributed by atoms with Gasteiger partial charge in [-0.25, -0.2) is 4.39 Å². The van der Waals surface area contributed by atoms with Crippen LogP contribution in [0, 0.1) is 5.82 Å². The Hall–Kier alpha value is -3.46. The lowest BCUT2D eigenvalue weighted by Gasteiger charge is -2.29. The summed E-state index contributed by atoms with van der Waals surface area (Å²) in [5.74, 6) is 0.262. The number of hydrogen-bond acceptors (Lipinski definition) is 4. The SMILES string of the molecule is COCCOc1ccc(N2C(=S)N[C@H](c3ccccn3)[C@@H]2c2cccn2-c2cccc(F)c2)cc1Cl. The summed E-state index contributed by atoms with van der Waals surface area (Å²) in [5, 5.41) is 4.44. The molecule has 0 amide bonds. The van der Waals surface area contributed by atoms with Gasteiger partial charge in [0.1, 0.15) is 24.2 Å². The van der Waals surface area contributed by atoms with Crippen LogP contribution < -0.4 is 15.0 Å². The first-order valence-corrected chi connectivity index (χ1v) is 12.2. The lowest BCUT2D eigenvalue weighted by Crippen LogP contribution is -2.30. The summed E-state index contributed by atoms with van der Waals surface area (Å²) in [7, 11) is 1.62. The molecule has 4 aromatic rings. The number of nitrogens with one attached hydrogen (secondary N) is 1. The van der Waals surface area contributed by atoms with E-state index in [4.69, 9.17) is 33.3 Å². The number of pyridine rings is 1. The highest BCUT2D eigenvalue weighted by atomic mass is 35.5. The van der Waals surface area contributed by atoms with Crippen molar-refractivity contribution in [3.8, 4) is 11.4 Å². The van der Waals surface area contributed by atoms with Gasteiger partial charge in [0.05, 0.1) is 23.4 Å². The summed E-state index contributed by atoms with van der Waals surface area (Å²) in [6, 6.07) is 21.3. The molecule has 9 heteroatoms. The summed E-state index contributed by atoms with van der Waals surface area (Å²) >= 11 is 12.4. The van der Waals surface area contributed by atoms with Crippen molar-refractivity contribution in [1.29, 1.82) is 0 Å². The van der Waals surface area contributed by atoms with Gasteiger partial charge in [-0.1, -0.05) is 23.7 Å². The van der Waals surface area contributed by atoms with Gasteiger partial charge < -0.3 is 24.3 Å². The third-order valence-corrected chi connectivity index (χ3v) is 6.62. The van der Waals surface area contributed by atoms with E-state index in [0.717, 1.165) is 17.1 Å². The van der Waals surface area contributed by atoms with Crippen LogP contribution in [0.1, 0.15) is 23.5 Å². The minimum absolute atomic E-state index is 0.252. The molecule has 0 saturated carbocycles. The van der Waals surface area contributed by atoms with Gasteiger partial charge in [0.15, 0.2) is 5.11 Å². The van der Waals surface area contributed by atoms with Gasteiger partial charge in [-0.05, 0) is 72.9 Å². The van der Waals surface area contributed by atoms with Crippen LogP contribution in [0.25, 0.3) is 5.69 Å². The number of rotatable bonds is 8. The molecule has 0 unspecified atom stereocenters. The average molecular weight is 523 g/mol. The zero-order chi connectivity index (χ0) is 25.1. The first-order chi connectivity index (χ1) is 17.6. The van der Waals surface area contributed by atoms with Crippen molar-refractivity contribution in [2.75, 3.05) is 25.2 Å². The van der Waals surface area contributed by atoms with Crippen LogP contribution in [0.4, 0.5) is 10.1 Å². The van der Waals surface area contributed by atoms with Crippen LogP contribution >= 0.6 is 23.8 Å². The Morgan fingerprint density at radius 3 is 2.67 bits per heavy atom. The normalized spacial score (nSPS) is 17.3. The predicted molar refractivity (Wildman–Crippen MR) is 142 cm³/mol. The number of benzene rings is 2. The second kappa shape index (κ2) is 10.7. The Bertz CT molecular complexity index is 1370. The molecule has 1 fully saturated rings. The summed E-state index contributed by atoms with van der Waals surface area (Å²) in [5.41, 5.74) is 3.27. The van der Waals surface area contributed by atoms with Crippen molar-refractivity contribution in [3.63, 3.8) is 0 Å². The van der Waals surface area contributed by atoms with Crippen LogP contribution in [0.15, 0.2) is 85.2 Å². The van der Waals surface area contributed by atoms with Crippen LogP contribution in [-0.4, -0.2) is 35.0 Å². The maximum Gasteiger partial charge on any atom is 0.174 e. The highest BCUT2D eigenvalue weighted by Crippen LogP contribution is 2.43. The molecule has 2 aromatic heterocycles. The third kappa shape index (κ3) is 4.80. The minimum Gasteiger partial charge on any atom is -0.490 e. The highest BCUT2D eigenvalue weighted by molar-refractivity contribution is 7.80. The van der Waals surface area contributed by atoms with Gasteiger partial charge in [0.25, 0.3) is 0 Å². The second-order valence-electron chi connectivity index (χ2n) is 8.24. The highest BCUT2D eigenvalue weighted by Gasteiger charge is 2.42. The van der Waals surface area contributed by atoms with E-state index in [-0.39, 0.29) is 17.9 Å². The fourth-order valence-electron chi connectivity index (χ4n) is 4.42. The van der Waals surface area contributed by atoms with Crippen molar-refractivity contribution in [2.45, 2.75) is 12.1 Å². The van der Waals surface area contributed by atoms with Gasteiger partial charge in [0, 0.05) is 36.6 Å². The minimum atomic E-state index is -0.304. The molecule has 0 radical (unpaired) electrons. The van der Waals surface area contributed by atoms with Crippen molar-refractivity contribution in [2.24, 2.45) is 0 Å². The molecule has 1 aliphatic rings. The molecule has 5 rings (SSSR count). The molecule has 0 bridgehead atoms. The number of halogens is 2. The van der Waals surface area contributed by atoms with E-state index in [9.17, 15) is 4.39 Å². The second-order valence-corrected chi connectivity index (χ2v) is 9.03. The van der Waals surface area contributed by atoms with Gasteiger partial charge >= 0.3 is 0 Å². The van der Waals surface area contributed by atoms with E-state index in [1.807, 2.05) is 70.3 Å². The monoisotopic (exact) mass is 522 g/mol. The first kappa shape index (κ1) is 24.2. The Labute approximate surface area is 219 Å². The van der Waals surface area contributed by atoms with Crippen molar-refractivity contribution in [3.05, 3.63) is 107 Å². The zero-order valence-electron chi connectivity index (χ0n) is 19.5. The van der Waals surface area contributed by atoms with Crippen molar-refractivity contribution >= 4 is 34.6 Å². The molecular formula is C27H24ClFN4O2S. The van der Waals surface area contributed by atoms with E-state index in [2.05, 4.69) is 10.3 Å². The Morgan fingerprint density at radius 1 is 1.03 bits per heavy atom. The standard InChI is InChI=1S/C27H24ClFN4O2S/c1-34-14-15-35-24-11-10-20(17-21(24)28)33-26(25(31-27(33)36)22-8-2-3-12-30-22)23-9-5-13-32(23)19-7-4-6-18(29)16-19/h2-13,16-17,25-26H,14-15H2,1H3,(H,31,36)/t25-,26+/m1/s1. The Kier molecular flexibility index (Phi) is 7.18. The van der Waals surface area contributed by atoms with E-state index in [1.54, 1.807) is 19.4 Å². The van der Waals surface area contributed by atoms with Gasteiger partial charge in [0.2, 0.25) is 0 Å². The molecule has 3 heterocycles. The maximum absolute atomic E-state index is 14.1. The number of anilines is 1. The summed E-state index contributed by atoms with van der Waals surface area (Å²) < 4.78 is 26.9. The summed E-state index contributed by atoms with van der Waals surface area (Å²) in [6.07, 6.45) is 3.67. The molecule has 0 spiro atoms. The smallest absolute Gasteiger partial charge is 0.174 e. The number of hydrogen-bond donors (Lipinski definition) is 1. The molecule has 1 aliphatic heterocycles. The number of thiocarbonyl (C=S) groups is 1. The molecule has 1 N–H and O–H groups in total. The van der Waals surface area contributed by atoms with Gasteiger partial charge in [-0.3, -0.25) is 4.98 Å². The molecule has 2 aromatic carbocycles. The predicted octanol–water partition coefficient (Wildman–Crippen LogP) is 5.87. The van der Waals surface area contributed by atoms with E-state index in [0.29, 0.717) is 34.8 Å². The molecule has 6 nitrogen and oxygen atoms in total. The zero-order valence-corrected chi connectivity index (χ0v) is 21.0. The van der Waals surface area contributed by atoms with E-state index < -0.39 is 0 Å². The summed E-state index contributed by atoms with van der Waals surface area (Å²) in [6.45, 7) is 0.855. The number of methoxy groups -OCH3 is 1. The molecule has 184 valence electrons. The maximum atomic E-state index is 14.1. The fourth-order valence-corrected chi connectivity index (χ4v) is 5.00. The topological polar surface area (TPSA) is 51.6 Å². The first-order valence-electron chi connectivity index (χ1n) is 11.4. The van der Waals surface area contributed by atoms with E-state index >= 15 is 0 Å².